The van der Waals surface area contributed by atoms with Crippen LogP contribution >= 0.6 is 45.8 Å². The van der Waals surface area contributed by atoms with Gasteiger partial charge in [0.05, 0.1) is 18.1 Å². The van der Waals surface area contributed by atoms with Crippen LogP contribution in [0.1, 0.15) is 10.5 Å². The quantitative estimate of drug-likeness (QED) is 0.792. The molecule has 0 bridgehead atoms. The second-order valence-corrected chi connectivity index (χ2v) is 5.29. The molecular weight excluding hydrogens is 388 g/mol. The van der Waals surface area contributed by atoms with E-state index in [2.05, 4.69) is 37.9 Å². The Morgan fingerprint density at radius 2 is 2.06 bits per heavy atom. The Hall–Kier alpha value is -0.920. The van der Waals surface area contributed by atoms with E-state index in [-0.39, 0.29) is 16.8 Å². The number of anilines is 1. The zero-order valence-electron chi connectivity index (χ0n) is 8.82. The van der Waals surface area contributed by atoms with Crippen molar-refractivity contribution < 1.29 is 4.79 Å². The van der Waals surface area contributed by atoms with Crippen LogP contribution in [0.15, 0.2) is 30.6 Å². The van der Waals surface area contributed by atoms with Crippen molar-refractivity contribution in [2.75, 3.05) is 5.32 Å². The Kier molecular flexibility index (Phi) is 4.36. The largest absolute Gasteiger partial charge is 0.320 e. The minimum absolute atomic E-state index is 0.160. The van der Waals surface area contributed by atoms with Gasteiger partial charge in [0, 0.05) is 8.59 Å². The molecule has 0 saturated heterocycles. The number of hydrogen-bond acceptors (Lipinski definition) is 3. The van der Waals surface area contributed by atoms with Gasteiger partial charge in [-0.3, -0.25) is 9.78 Å². The molecule has 0 unspecified atom stereocenters. The van der Waals surface area contributed by atoms with Crippen molar-refractivity contribution in [3.63, 3.8) is 0 Å². The number of aromatic nitrogens is 2. The average molecular weight is 394 g/mol. The molecule has 1 amide bonds. The third-order valence-electron chi connectivity index (χ3n) is 2.02. The fraction of sp³-hybridized carbons (Fsp3) is 0. The van der Waals surface area contributed by atoms with E-state index in [1.54, 1.807) is 18.2 Å². The lowest BCUT2D eigenvalue weighted by molar-refractivity contribution is 0.102. The first-order chi connectivity index (χ1) is 8.56. The van der Waals surface area contributed by atoms with Crippen LogP contribution in [-0.4, -0.2) is 15.9 Å². The number of rotatable bonds is 2. The van der Waals surface area contributed by atoms with Crippen LogP contribution in [0.3, 0.4) is 0 Å². The van der Waals surface area contributed by atoms with E-state index < -0.39 is 0 Å². The highest BCUT2D eigenvalue weighted by Crippen LogP contribution is 2.22. The van der Waals surface area contributed by atoms with Gasteiger partial charge >= 0.3 is 0 Å². The molecule has 0 atom stereocenters. The van der Waals surface area contributed by atoms with Crippen molar-refractivity contribution in [2.45, 2.75) is 0 Å². The molecule has 2 rings (SSSR count). The second kappa shape index (κ2) is 5.81. The Labute approximate surface area is 127 Å². The van der Waals surface area contributed by atoms with Crippen LogP contribution in [0.4, 0.5) is 5.69 Å². The Bertz CT molecular complexity index is 607. The molecule has 0 fully saturated rings. The average Bonchev–Trinajstić information content (AvgIpc) is 2.32. The number of nitrogens with zero attached hydrogens (tertiary/aromatic N) is 2. The molecule has 92 valence electrons. The molecule has 7 heteroatoms. The number of carbonyl (C=O) groups excluding carboxylic acids is 1. The Morgan fingerprint density at radius 3 is 2.72 bits per heavy atom. The lowest BCUT2D eigenvalue weighted by Gasteiger charge is -2.07. The monoisotopic (exact) mass is 393 g/mol. The summed E-state index contributed by atoms with van der Waals surface area (Å²) in [7, 11) is 0. The minimum atomic E-state index is -0.370. The highest BCUT2D eigenvalue weighted by molar-refractivity contribution is 14.1. The molecule has 0 saturated carbocycles. The standard InChI is InChI=1S/C11H6Cl2IN3O/c12-6-1-2-8(7(14)3-6)17-11(18)9-4-15-5-10(13)16-9/h1-5H,(H,17,18). The summed E-state index contributed by atoms with van der Waals surface area (Å²) in [4.78, 5) is 19.6. The van der Waals surface area contributed by atoms with Gasteiger partial charge in [-0.05, 0) is 40.8 Å². The molecule has 4 nitrogen and oxygen atoms in total. The van der Waals surface area contributed by atoms with E-state index >= 15 is 0 Å². The van der Waals surface area contributed by atoms with Crippen molar-refractivity contribution >= 4 is 57.4 Å². The van der Waals surface area contributed by atoms with E-state index in [1.807, 2.05) is 0 Å². The van der Waals surface area contributed by atoms with E-state index in [0.717, 1.165) is 3.57 Å². The smallest absolute Gasteiger partial charge is 0.275 e. The molecule has 0 aliphatic rings. The summed E-state index contributed by atoms with van der Waals surface area (Å²) in [5, 5.41) is 3.50. The number of amides is 1. The molecule has 0 aliphatic heterocycles. The van der Waals surface area contributed by atoms with Crippen LogP contribution in [0.25, 0.3) is 0 Å². The van der Waals surface area contributed by atoms with Crippen molar-refractivity contribution in [1.29, 1.82) is 0 Å². The van der Waals surface area contributed by atoms with Crippen molar-refractivity contribution in [3.8, 4) is 0 Å². The lowest BCUT2D eigenvalue weighted by Crippen LogP contribution is -2.14. The predicted molar refractivity (Wildman–Crippen MR) is 79.2 cm³/mol. The maximum absolute atomic E-state index is 11.9. The third-order valence-corrected chi connectivity index (χ3v) is 3.33. The van der Waals surface area contributed by atoms with Crippen LogP contribution in [0.5, 0.6) is 0 Å². The summed E-state index contributed by atoms with van der Waals surface area (Å²) < 4.78 is 0.837. The van der Waals surface area contributed by atoms with Crippen LogP contribution in [0.2, 0.25) is 10.2 Å². The van der Waals surface area contributed by atoms with Crippen LogP contribution in [-0.2, 0) is 0 Å². The minimum Gasteiger partial charge on any atom is -0.320 e. The zero-order valence-corrected chi connectivity index (χ0v) is 12.5. The molecule has 0 aliphatic carbocycles. The Balaban J connectivity index is 2.21. The summed E-state index contributed by atoms with van der Waals surface area (Å²) >= 11 is 13.6. The van der Waals surface area contributed by atoms with E-state index in [9.17, 15) is 4.79 Å². The van der Waals surface area contributed by atoms with Gasteiger partial charge in [-0.2, -0.15) is 0 Å². The lowest BCUT2D eigenvalue weighted by atomic mass is 10.3. The first-order valence-corrected chi connectivity index (χ1v) is 6.63. The first-order valence-electron chi connectivity index (χ1n) is 4.80. The Morgan fingerprint density at radius 1 is 1.28 bits per heavy atom. The number of benzene rings is 1. The number of carbonyl (C=O) groups is 1. The van der Waals surface area contributed by atoms with E-state index in [0.29, 0.717) is 10.7 Å². The SMILES string of the molecule is O=C(Nc1ccc(Cl)cc1I)c1cncc(Cl)n1. The molecule has 1 N–H and O–H groups in total. The van der Waals surface area contributed by atoms with Crippen molar-refractivity contribution in [3.05, 3.63) is 50.0 Å². The molecule has 2 aromatic rings. The summed E-state index contributed by atoms with van der Waals surface area (Å²) in [5.74, 6) is -0.370. The number of nitrogens with one attached hydrogen (secondary N) is 1. The van der Waals surface area contributed by atoms with Gasteiger partial charge in [0.15, 0.2) is 0 Å². The van der Waals surface area contributed by atoms with Gasteiger partial charge in [0.2, 0.25) is 0 Å². The van der Waals surface area contributed by atoms with Gasteiger partial charge in [-0.25, -0.2) is 4.98 Å². The third kappa shape index (κ3) is 3.30. The molecule has 1 heterocycles. The van der Waals surface area contributed by atoms with E-state index in [4.69, 9.17) is 23.2 Å². The molecular formula is C11H6Cl2IN3O. The van der Waals surface area contributed by atoms with Crippen molar-refractivity contribution in [1.82, 2.24) is 9.97 Å². The van der Waals surface area contributed by atoms with Crippen LogP contribution < -0.4 is 5.32 Å². The van der Waals surface area contributed by atoms with Gasteiger partial charge in [-0.15, -0.1) is 0 Å². The maximum atomic E-state index is 11.9. The summed E-state index contributed by atoms with van der Waals surface area (Å²) in [5.41, 5.74) is 0.819. The van der Waals surface area contributed by atoms with E-state index in [1.165, 1.54) is 12.4 Å². The molecule has 0 radical (unpaired) electrons. The number of hydrogen-bond donors (Lipinski definition) is 1. The highest BCUT2D eigenvalue weighted by atomic mass is 127. The fourth-order valence-electron chi connectivity index (χ4n) is 1.23. The predicted octanol–water partition coefficient (Wildman–Crippen LogP) is 3.64. The second-order valence-electron chi connectivity index (χ2n) is 3.31. The number of halogens is 3. The van der Waals surface area contributed by atoms with Gasteiger partial charge in [-0.1, -0.05) is 23.2 Å². The van der Waals surface area contributed by atoms with Crippen molar-refractivity contribution in [2.24, 2.45) is 0 Å². The first kappa shape index (κ1) is 13.5. The van der Waals surface area contributed by atoms with Gasteiger partial charge in [0.25, 0.3) is 5.91 Å². The molecule has 1 aromatic carbocycles. The highest BCUT2D eigenvalue weighted by Gasteiger charge is 2.10. The molecule has 18 heavy (non-hydrogen) atoms. The molecule has 1 aromatic heterocycles. The fourth-order valence-corrected chi connectivity index (χ4v) is 2.38. The molecule has 0 spiro atoms. The summed E-state index contributed by atoms with van der Waals surface area (Å²) in [6.45, 7) is 0. The van der Waals surface area contributed by atoms with Gasteiger partial charge < -0.3 is 5.32 Å². The van der Waals surface area contributed by atoms with Crippen LogP contribution in [0, 0.1) is 3.57 Å². The normalized spacial score (nSPS) is 10.2. The topological polar surface area (TPSA) is 54.9 Å². The maximum Gasteiger partial charge on any atom is 0.275 e. The zero-order chi connectivity index (χ0) is 13.1. The van der Waals surface area contributed by atoms with Gasteiger partial charge in [0.1, 0.15) is 10.8 Å². The summed E-state index contributed by atoms with van der Waals surface area (Å²) in [6, 6.07) is 5.17. The summed E-state index contributed by atoms with van der Waals surface area (Å²) in [6.07, 6.45) is 2.72.